The molecule has 0 spiro atoms. The fraction of sp³-hybridized carbons (Fsp3) is 0.611. The molecule has 0 amide bonds. The first-order valence-corrected chi connectivity index (χ1v) is 8.43. The molecule has 2 bridgehead atoms. The molecule has 0 radical (unpaired) electrons. The van der Waals surface area contributed by atoms with Gasteiger partial charge >= 0.3 is 0 Å². The Morgan fingerprint density at radius 3 is 2.55 bits per heavy atom. The second-order valence-corrected chi connectivity index (χ2v) is 6.70. The Morgan fingerprint density at radius 2 is 1.91 bits per heavy atom. The number of anilines is 1. The number of nitrogens with one attached hydrogen (secondary N) is 2. The molecule has 2 atom stereocenters. The van der Waals surface area contributed by atoms with Crippen LogP contribution in [0.3, 0.4) is 0 Å². The third-order valence-electron chi connectivity index (χ3n) is 5.23. The highest BCUT2D eigenvalue weighted by Crippen LogP contribution is 2.36. The van der Waals surface area contributed by atoms with Crippen LogP contribution in [0.25, 0.3) is 0 Å². The SMILES string of the molecule is CN(CCCNc1ccc(C#N)cc1)C1C2CCC1CNC2. The molecule has 1 saturated carbocycles. The van der Waals surface area contributed by atoms with E-state index in [1.165, 1.54) is 25.9 Å². The van der Waals surface area contributed by atoms with Gasteiger partial charge in [0, 0.05) is 18.3 Å². The number of nitrogens with zero attached hydrogens (tertiary/aromatic N) is 2. The maximum absolute atomic E-state index is 8.80. The lowest BCUT2D eigenvalue weighted by Gasteiger charge is -2.37. The van der Waals surface area contributed by atoms with Crippen LogP contribution >= 0.6 is 0 Å². The molecule has 1 heterocycles. The molecule has 22 heavy (non-hydrogen) atoms. The fourth-order valence-corrected chi connectivity index (χ4v) is 4.15. The Morgan fingerprint density at radius 1 is 1.23 bits per heavy atom. The zero-order chi connectivity index (χ0) is 15.4. The average molecular weight is 298 g/mol. The highest BCUT2D eigenvalue weighted by atomic mass is 15.2. The molecule has 1 aromatic carbocycles. The highest BCUT2D eigenvalue weighted by Gasteiger charge is 2.40. The van der Waals surface area contributed by atoms with Crippen molar-refractivity contribution < 1.29 is 0 Å². The number of nitriles is 1. The topological polar surface area (TPSA) is 51.1 Å². The number of piperidine rings is 1. The summed E-state index contributed by atoms with van der Waals surface area (Å²) in [6.07, 6.45) is 3.95. The van der Waals surface area contributed by atoms with Gasteiger partial charge in [-0.05, 0) is 82.0 Å². The molecule has 2 N–H and O–H groups in total. The number of benzene rings is 1. The first kappa shape index (κ1) is 15.3. The molecule has 2 aliphatic rings. The normalized spacial score (nSPS) is 26.9. The molecule has 2 fully saturated rings. The summed E-state index contributed by atoms with van der Waals surface area (Å²) < 4.78 is 0. The summed E-state index contributed by atoms with van der Waals surface area (Å²) in [7, 11) is 2.29. The van der Waals surface area contributed by atoms with Gasteiger partial charge in [-0.3, -0.25) is 0 Å². The Kier molecular flexibility index (Phi) is 4.97. The van der Waals surface area contributed by atoms with Crippen molar-refractivity contribution in [1.82, 2.24) is 10.2 Å². The predicted molar refractivity (Wildman–Crippen MR) is 89.8 cm³/mol. The Balaban J connectivity index is 1.40. The van der Waals surface area contributed by atoms with Crippen molar-refractivity contribution in [1.29, 1.82) is 5.26 Å². The van der Waals surface area contributed by atoms with Crippen molar-refractivity contribution in [3.8, 4) is 6.07 Å². The van der Waals surface area contributed by atoms with Crippen LogP contribution in [0.4, 0.5) is 5.69 Å². The van der Waals surface area contributed by atoms with Gasteiger partial charge in [-0.2, -0.15) is 5.26 Å². The molecule has 1 aliphatic carbocycles. The van der Waals surface area contributed by atoms with Gasteiger partial charge in [0.25, 0.3) is 0 Å². The number of hydrogen-bond acceptors (Lipinski definition) is 4. The van der Waals surface area contributed by atoms with E-state index in [4.69, 9.17) is 5.26 Å². The standard InChI is InChI=1S/C18H26N4/c1-22(18-15-5-6-16(18)13-20-12-15)10-2-9-21-17-7-3-14(11-19)4-8-17/h3-4,7-8,15-16,18,20-21H,2,5-6,9-10,12-13H2,1H3. The zero-order valence-corrected chi connectivity index (χ0v) is 13.4. The zero-order valence-electron chi connectivity index (χ0n) is 13.4. The van der Waals surface area contributed by atoms with E-state index in [0.29, 0.717) is 5.56 Å². The molecule has 2 unspecified atom stereocenters. The maximum atomic E-state index is 8.80. The fourth-order valence-electron chi connectivity index (χ4n) is 4.15. The number of fused-ring (bicyclic) bond motifs is 2. The van der Waals surface area contributed by atoms with E-state index in [-0.39, 0.29) is 0 Å². The van der Waals surface area contributed by atoms with Gasteiger partial charge < -0.3 is 15.5 Å². The molecule has 3 rings (SSSR count). The van der Waals surface area contributed by atoms with E-state index >= 15 is 0 Å². The predicted octanol–water partition coefficient (Wildman–Crippen LogP) is 2.29. The van der Waals surface area contributed by atoms with Crippen LogP contribution in [0.15, 0.2) is 24.3 Å². The van der Waals surface area contributed by atoms with Crippen molar-refractivity contribution in [2.45, 2.75) is 25.3 Å². The van der Waals surface area contributed by atoms with Crippen LogP contribution < -0.4 is 10.6 Å². The van der Waals surface area contributed by atoms with Crippen molar-refractivity contribution in [3.05, 3.63) is 29.8 Å². The van der Waals surface area contributed by atoms with Gasteiger partial charge in [0.05, 0.1) is 11.6 Å². The quantitative estimate of drug-likeness (QED) is 0.791. The smallest absolute Gasteiger partial charge is 0.0991 e. The van der Waals surface area contributed by atoms with E-state index < -0.39 is 0 Å². The van der Waals surface area contributed by atoms with Gasteiger partial charge in [-0.15, -0.1) is 0 Å². The van der Waals surface area contributed by atoms with Gasteiger partial charge in [0.2, 0.25) is 0 Å². The molecule has 0 aromatic heterocycles. The lowest BCUT2D eigenvalue weighted by Crippen LogP contribution is -2.50. The molecule has 1 saturated heterocycles. The molecule has 118 valence electrons. The van der Waals surface area contributed by atoms with Crippen molar-refractivity contribution in [3.63, 3.8) is 0 Å². The van der Waals surface area contributed by atoms with Crippen LogP contribution in [0.2, 0.25) is 0 Å². The van der Waals surface area contributed by atoms with Gasteiger partial charge in [-0.25, -0.2) is 0 Å². The summed E-state index contributed by atoms with van der Waals surface area (Å²) in [4.78, 5) is 2.59. The summed E-state index contributed by atoms with van der Waals surface area (Å²) in [6.45, 7) is 4.54. The molecular formula is C18H26N4. The van der Waals surface area contributed by atoms with Gasteiger partial charge in [0.1, 0.15) is 0 Å². The average Bonchev–Trinajstić information content (AvgIpc) is 2.81. The van der Waals surface area contributed by atoms with Crippen LogP contribution in [0.1, 0.15) is 24.8 Å². The molecule has 1 aromatic rings. The van der Waals surface area contributed by atoms with Gasteiger partial charge in [0.15, 0.2) is 0 Å². The lowest BCUT2D eigenvalue weighted by molar-refractivity contribution is 0.131. The van der Waals surface area contributed by atoms with Crippen molar-refractivity contribution >= 4 is 5.69 Å². The largest absolute Gasteiger partial charge is 0.385 e. The summed E-state index contributed by atoms with van der Waals surface area (Å²) >= 11 is 0. The van der Waals surface area contributed by atoms with Gasteiger partial charge in [-0.1, -0.05) is 0 Å². The second-order valence-electron chi connectivity index (χ2n) is 6.70. The third kappa shape index (κ3) is 3.43. The maximum Gasteiger partial charge on any atom is 0.0991 e. The Bertz CT molecular complexity index is 503. The first-order chi connectivity index (χ1) is 10.8. The van der Waals surface area contributed by atoms with Crippen LogP contribution in [0, 0.1) is 23.2 Å². The van der Waals surface area contributed by atoms with Crippen LogP contribution in [0.5, 0.6) is 0 Å². The first-order valence-electron chi connectivity index (χ1n) is 8.43. The molecule has 1 aliphatic heterocycles. The molecule has 4 nitrogen and oxygen atoms in total. The summed E-state index contributed by atoms with van der Waals surface area (Å²) in [6, 6.07) is 10.6. The van der Waals surface area contributed by atoms with Crippen molar-refractivity contribution in [2.75, 3.05) is 38.5 Å². The number of hydrogen-bond donors (Lipinski definition) is 2. The summed E-state index contributed by atoms with van der Waals surface area (Å²) in [5, 5.41) is 15.8. The van der Waals surface area contributed by atoms with E-state index in [0.717, 1.165) is 43.1 Å². The molecular weight excluding hydrogens is 272 g/mol. The Labute approximate surface area is 133 Å². The van der Waals surface area contributed by atoms with E-state index in [2.05, 4.69) is 28.7 Å². The highest BCUT2D eigenvalue weighted by molar-refractivity contribution is 5.46. The monoisotopic (exact) mass is 298 g/mol. The molecule has 4 heteroatoms. The van der Waals surface area contributed by atoms with E-state index in [1.54, 1.807) is 0 Å². The van der Waals surface area contributed by atoms with Crippen molar-refractivity contribution in [2.24, 2.45) is 11.8 Å². The Hall–Kier alpha value is -1.57. The van der Waals surface area contributed by atoms with E-state index in [1.807, 2.05) is 24.3 Å². The summed E-state index contributed by atoms with van der Waals surface area (Å²) in [5.74, 6) is 1.71. The van der Waals surface area contributed by atoms with Crippen LogP contribution in [-0.4, -0.2) is 44.2 Å². The number of rotatable bonds is 6. The minimum absolute atomic E-state index is 0.715. The van der Waals surface area contributed by atoms with Crippen LogP contribution in [-0.2, 0) is 0 Å². The third-order valence-corrected chi connectivity index (χ3v) is 5.23. The minimum Gasteiger partial charge on any atom is -0.385 e. The summed E-state index contributed by atoms with van der Waals surface area (Å²) in [5.41, 5.74) is 1.82. The minimum atomic E-state index is 0.715. The second kappa shape index (κ2) is 7.13. The van der Waals surface area contributed by atoms with E-state index in [9.17, 15) is 0 Å². The lowest BCUT2D eigenvalue weighted by atomic mass is 9.92.